The fraction of sp³-hybridized carbons (Fsp3) is 0.0909. The van der Waals surface area contributed by atoms with Gasteiger partial charge in [-0.2, -0.15) is 0 Å². The Bertz CT molecular complexity index is 464. The maximum atomic E-state index is 10.5. The number of rotatable bonds is 3. The maximum Gasteiger partial charge on any atom is 0.169 e. The van der Waals surface area contributed by atoms with Crippen LogP contribution >= 0.6 is 27.3 Å². The Morgan fingerprint density at radius 1 is 1.33 bits per heavy atom. The zero-order valence-corrected chi connectivity index (χ0v) is 10.2. The Morgan fingerprint density at radius 2 is 2.07 bits per heavy atom. The van der Waals surface area contributed by atoms with Gasteiger partial charge in [-0.1, -0.05) is 28.1 Å². The van der Waals surface area contributed by atoms with Gasteiger partial charge in [0.1, 0.15) is 5.69 Å². The topological polar surface area (TPSA) is 30.0 Å². The molecule has 2 aromatic rings. The Balaban J connectivity index is 2.14. The van der Waals surface area contributed by atoms with E-state index in [9.17, 15) is 4.79 Å². The van der Waals surface area contributed by atoms with Crippen LogP contribution in [0.5, 0.6) is 0 Å². The van der Waals surface area contributed by atoms with Crippen LogP contribution in [0.1, 0.15) is 21.1 Å². The van der Waals surface area contributed by atoms with E-state index in [-0.39, 0.29) is 0 Å². The highest BCUT2D eigenvalue weighted by atomic mass is 79.9. The highest BCUT2D eigenvalue weighted by Gasteiger charge is 2.02. The van der Waals surface area contributed by atoms with E-state index in [1.165, 1.54) is 16.9 Å². The van der Waals surface area contributed by atoms with Crippen molar-refractivity contribution in [3.63, 3.8) is 0 Å². The van der Waals surface area contributed by atoms with E-state index in [0.717, 1.165) is 22.2 Å². The molecule has 0 aliphatic rings. The van der Waals surface area contributed by atoms with Crippen LogP contribution in [0.3, 0.4) is 0 Å². The van der Waals surface area contributed by atoms with Crippen molar-refractivity contribution < 1.29 is 4.79 Å². The van der Waals surface area contributed by atoms with Crippen LogP contribution in [0.15, 0.2) is 34.1 Å². The van der Waals surface area contributed by atoms with E-state index in [1.54, 1.807) is 5.38 Å². The minimum absolute atomic E-state index is 0.520. The fourth-order valence-electron chi connectivity index (χ4n) is 1.24. The average Bonchev–Trinajstić information content (AvgIpc) is 2.69. The summed E-state index contributed by atoms with van der Waals surface area (Å²) in [5.41, 5.74) is 1.72. The number of thiazole rings is 1. The molecule has 0 saturated carbocycles. The Hall–Kier alpha value is -1.00. The van der Waals surface area contributed by atoms with E-state index in [0.29, 0.717) is 5.69 Å². The molecule has 0 amide bonds. The zero-order valence-electron chi connectivity index (χ0n) is 7.81. The molecule has 1 heterocycles. The van der Waals surface area contributed by atoms with Crippen molar-refractivity contribution in [1.29, 1.82) is 0 Å². The number of hydrogen-bond acceptors (Lipinski definition) is 3. The number of aromatic nitrogens is 1. The molecule has 0 radical (unpaired) electrons. The zero-order chi connectivity index (χ0) is 10.7. The van der Waals surface area contributed by atoms with Crippen molar-refractivity contribution in [1.82, 2.24) is 4.98 Å². The molecular weight excluding hydrogens is 274 g/mol. The van der Waals surface area contributed by atoms with Gasteiger partial charge in [0, 0.05) is 16.3 Å². The molecule has 0 aliphatic carbocycles. The Morgan fingerprint density at radius 3 is 2.67 bits per heavy atom. The molecule has 0 saturated heterocycles. The molecule has 0 bridgehead atoms. The quantitative estimate of drug-likeness (QED) is 0.808. The number of nitrogens with zero attached hydrogens (tertiary/aromatic N) is 1. The van der Waals surface area contributed by atoms with Crippen LogP contribution in [-0.2, 0) is 6.42 Å². The maximum absolute atomic E-state index is 10.5. The summed E-state index contributed by atoms with van der Waals surface area (Å²) in [5, 5.41) is 2.75. The summed E-state index contributed by atoms with van der Waals surface area (Å²) in [6, 6.07) is 8.10. The van der Waals surface area contributed by atoms with Crippen LogP contribution in [0, 0.1) is 0 Å². The molecule has 1 aromatic heterocycles. The van der Waals surface area contributed by atoms with Crippen LogP contribution in [-0.4, -0.2) is 11.3 Å². The minimum atomic E-state index is 0.520. The van der Waals surface area contributed by atoms with E-state index in [1.807, 2.05) is 24.3 Å². The molecule has 0 N–H and O–H groups in total. The lowest BCUT2D eigenvalue weighted by Gasteiger charge is -1.97. The summed E-state index contributed by atoms with van der Waals surface area (Å²) in [6.07, 6.45) is 1.56. The fourth-order valence-corrected chi connectivity index (χ4v) is 2.27. The van der Waals surface area contributed by atoms with E-state index in [2.05, 4.69) is 20.9 Å². The second-order valence-electron chi connectivity index (χ2n) is 3.09. The number of carbonyl (C=O) groups excluding carboxylic acids is 1. The monoisotopic (exact) mass is 281 g/mol. The smallest absolute Gasteiger partial charge is 0.169 e. The molecule has 15 heavy (non-hydrogen) atoms. The molecule has 0 unspecified atom stereocenters. The summed E-state index contributed by atoms with van der Waals surface area (Å²) in [7, 11) is 0. The first-order chi connectivity index (χ1) is 7.28. The lowest BCUT2D eigenvalue weighted by atomic mass is 10.2. The highest BCUT2D eigenvalue weighted by molar-refractivity contribution is 9.10. The molecule has 2 rings (SSSR count). The third kappa shape index (κ3) is 2.73. The van der Waals surface area contributed by atoms with Gasteiger partial charge in [-0.3, -0.25) is 4.79 Å². The average molecular weight is 282 g/mol. The summed E-state index contributed by atoms with van der Waals surface area (Å²) in [6.45, 7) is 0. The van der Waals surface area contributed by atoms with Gasteiger partial charge in [0.15, 0.2) is 6.29 Å². The first-order valence-electron chi connectivity index (χ1n) is 4.42. The normalized spacial score (nSPS) is 10.2. The largest absolute Gasteiger partial charge is 0.296 e. The van der Waals surface area contributed by atoms with E-state index >= 15 is 0 Å². The van der Waals surface area contributed by atoms with Crippen LogP contribution in [0.2, 0.25) is 0 Å². The van der Waals surface area contributed by atoms with Crippen molar-refractivity contribution >= 4 is 33.6 Å². The summed E-state index contributed by atoms with van der Waals surface area (Å²) in [4.78, 5) is 14.6. The molecular formula is C11H8BrNOS. The van der Waals surface area contributed by atoms with Crippen molar-refractivity contribution in [3.8, 4) is 0 Å². The predicted molar refractivity (Wildman–Crippen MR) is 64.4 cm³/mol. The van der Waals surface area contributed by atoms with Crippen LogP contribution < -0.4 is 0 Å². The number of hydrogen-bond donors (Lipinski definition) is 0. The van der Waals surface area contributed by atoms with Crippen LogP contribution in [0.25, 0.3) is 0 Å². The van der Waals surface area contributed by atoms with Crippen molar-refractivity contribution in [2.24, 2.45) is 0 Å². The van der Waals surface area contributed by atoms with Crippen molar-refractivity contribution in [3.05, 3.63) is 50.4 Å². The van der Waals surface area contributed by atoms with E-state index in [4.69, 9.17) is 0 Å². The molecule has 0 fully saturated rings. The number of halogens is 1. The van der Waals surface area contributed by atoms with E-state index < -0.39 is 0 Å². The first-order valence-corrected chi connectivity index (χ1v) is 6.09. The number of benzene rings is 1. The summed E-state index contributed by atoms with van der Waals surface area (Å²) in [5.74, 6) is 0. The molecule has 0 atom stereocenters. The molecule has 0 aliphatic heterocycles. The molecule has 76 valence electrons. The molecule has 4 heteroatoms. The Labute approximate surface area is 100 Å². The molecule has 2 nitrogen and oxygen atoms in total. The first kappa shape index (κ1) is 10.5. The third-order valence-corrected chi connectivity index (χ3v) is 3.35. The van der Waals surface area contributed by atoms with Gasteiger partial charge in [-0.05, 0) is 17.7 Å². The van der Waals surface area contributed by atoms with Gasteiger partial charge in [0.05, 0.1) is 5.01 Å². The molecule has 1 aromatic carbocycles. The third-order valence-electron chi connectivity index (χ3n) is 1.96. The SMILES string of the molecule is O=Cc1csc(Cc2ccc(Br)cc2)n1. The second-order valence-corrected chi connectivity index (χ2v) is 4.95. The highest BCUT2D eigenvalue weighted by Crippen LogP contribution is 2.16. The summed E-state index contributed by atoms with van der Waals surface area (Å²) < 4.78 is 1.07. The predicted octanol–water partition coefficient (Wildman–Crippen LogP) is 3.31. The Kier molecular flexibility index (Phi) is 3.28. The number of aldehydes is 1. The minimum Gasteiger partial charge on any atom is -0.296 e. The standard InChI is InChI=1S/C11H8BrNOS/c12-9-3-1-8(2-4-9)5-11-13-10(6-14)7-15-11/h1-4,6-7H,5H2. The van der Waals surface area contributed by atoms with Gasteiger partial charge in [-0.15, -0.1) is 11.3 Å². The van der Waals surface area contributed by atoms with Crippen molar-refractivity contribution in [2.75, 3.05) is 0 Å². The van der Waals surface area contributed by atoms with Crippen LogP contribution in [0.4, 0.5) is 0 Å². The number of carbonyl (C=O) groups is 1. The van der Waals surface area contributed by atoms with Gasteiger partial charge in [-0.25, -0.2) is 4.98 Å². The lowest BCUT2D eigenvalue weighted by Crippen LogP contribution is -1.87. The van der Waals surface area contributed by atoms with Crippen molar-refractivity contribution in [2.45, 2.75) is 6.42 Å². The van der Waals surface area contributed by atoms with Gasteiger partial charge < -0.3 is 0 Å². The van der Waals surface area contributed by atoms with Gasteiger partial charge in [0.2, 0.25) is 0 Å². The molecule has 0 spiro atoms. The van der Waals surface area contributed by atoms with Gasteiger partial charge >= 0.3 is 0 Å². The second kappa shape index (κ2) is 4.68. The van der Waals surface area contributed by atoms with Gasteiger partial charge in [0.25, 0.3) is 0 Å². The summed E-state index contributed by atoms with van der Waals surface area (Å²) >= 11 is 4.91. The lowest BCUT2D eigenvalue weighted by molar-refractivity contribution is 0.111.